The van der Waals surface area contributed by atoms with Crippen molar-refractivity contribution in [3.63, 3.8) is 0 Å². The van der Waals surface area contributed by atoms with Crippen LogP contribution in [0.1, 0.15) is 83.1 Å². The van der Waals surface area contributed by atoms with Gasteiger partial charge in [0.05, 0.1) is 25.4 Å². The van der Waals surface area contributed by atoms with Crippen molar-refractivity contribution in [2.24, 2.45) is 35.5 Å². The van der Waals surface area contributed by atoms with Gasteiger partial charge in [0.15, 0.2) is 12.2 Å². The molecule has 0 aromatic heterocycles. The Balaban J connectivity index is 0.000000460. The van der Waals surface area contributed by atoms with Crippen molar-refractivity contribution >= 4 is 35.8 Å². The summed E-state index contributed by atoms with van der Waals surface area (Å²) in [4.78, 5) is 67.2. The molecule has 2 saturated heterocycles. The Bertz CT molecular complexity index is 977. The minimum atomic E-state index is -0.965. The minimum Gasteiger partial charge on any atom is -0.465 e. The standard InChI is InChI=1S/2C16H26O7/c2*1-8(7-20-11(4)17)14-9(2)10(3)15(21-12(5)18)16(23-14)22-13(6)19/h2*8-10,14-16H,7H2,1-6H3/t2*8-,9+,10+,14?,15?,16?/m11/s1. The van der Waals surface area contributed by atoms with Crippen molar-refractivity contribution in [3.05, 3.63) is 0 Å². The second kappa shape index (κ2) is 18.8. The third-order valence-electron chi connectivity index (χ3n) is 8.24. The fourth-order valence-electron chi connectivity index (χ4n) is 5.62. The van der Waals surface area contributed by atoms with Crippen molar-refractivity contribution in [2.75, 3.05) is 13.2 Å². The zero-order valence-electron chi connectivity index (χ0n) is 29.1. The molecule has 14 nitrogen and oxygen atoms in total. The van der Waals surface area contributed by atoms with Crippen LogP contribution in [0.15, 0.2) is 0 Å². The summed E-state index contributed by atoms with van der Waals surface area (Å²) < 4.78 is 42.8. The highest BCUT2D eigenvalue weighted by Crippen LogP contribution is 2.38. The van der Waals surface area contributed by atoms with Gasteiger partial charge in [-0.3, -0.25) is 28.8 Å². The molecular weight excluding hydrogens is 608 g/mol. The quantitative estimate of drug-likeness (QED) is 0.246. The van der Waals surface area contributed by atoms with Crippen molar-refractivity contribution in [3.8, 4) is 0 Å². The number of hydrogen-bond donors (Lipinski definition) is 0. The molecular formula is C32H52O14. The number of carbonyl (C=O) groups excluding carboxylic acids is 6. The molecule has 0 amide bonds. The molecule has 0 aromatic carbocycles. The van der Waals surface area contributed by atoms with Crippen molar-refractivity contribution < 1.29 is 66.7 Å². The first-order chi connectivity index (χ1) is 21.3. The summed E-state index contributed by atoms with van der Waals surface area (Å²) in [6.07, 6.45) is -3.84. The summed E-state index contributed by atoms with van der Waals surface area (Å²) in [5.41, 5.74) is 0. The minimum absolute atomic E-state index is 0.0247. The van der Waals surface area contributed by atoms with E-state index >= 15 is 0 Å². The average Bonchev–Trinajstić information content (AvgIpc) is 2.93. The molecule has 6 unspecified atom stereocenters. The molecule has 14 heteroatoms. The first-order valence-electron chi connectivity index (χ1n) is 15.5. The number of hydrogen-bond acceptors (Lipinski definition) is 14. The molecule has 0 spiro atoms. The third-order valence-corrected chi connectivity index (χ3v) is 8.24. The topological polar surface area (TPSA) is 176 Å². The van der Waals surface area contributed by atoms with Crippen LogP contribution in [0.5, 0.6) is 0 Å². The van der Waals surface area contributed by atoms with Gasteiger partial charge in [-0.15, -0.1) is 0 Å². The lowest BCUT2D eigenvalue weighted by Crippen LogP contribution is -2.54. The van der Waals surface area contributed by atoms with E-state index in [-0.39, 0.29) is 72.9 Å². The molecule has 0 radical (unpaired) electrons. The molecule has 2 aliphatic rings. The van der Waals surface area contributed by atoms with Crippen LogP contribution in [-0.4, -0.2) is 86.0 Å². The Morgan fingerprint density at radius 3 is 1.00 bits per heavy atom. The number of rotatable bonds is 10. The van der Waals surface area contributed by atoms with E-state index < -0.39 is 48.7 Å². The van der Waals surface area contributed by atoms with Gasteiger partial charge in [0, 0.05) is 65.2 Å². The zero-order valence-corrected chi connectivity index (χ0v) is 29.1. The lowest BCUT2D eigenvalue weighted by molar-refractivity contribution is -0.275. The maximum absolute atomic E-state index is 11.3. The van der Waals surface area contributed by atoms with Gasteiger partial charge in [-0.05, 0) is 11.8 Å². The molecule has 46 heavy (non-hydrogen) atoms. The summed E-state index contributed by atoms with van der Waals surface area (Å²) in [6.45, 7) is 19.8. The van der Waals surface area contributed by atoms with Crippen molar-refractivity contribution in [2.45, 2.75) is 120 Å². The highest BCUT2D eigenvalue weighted by atomic mass is 16.7. The van der Waals surface area contributed by atoms with Gasteiger partial charge in [0.1, 0.15) is 0 Å². The smallest absolute Gasteiger partial charge is 0.305 e. The van der Waals surface area contributed by atoms with Crippen LogP contribution in [0.25, 0.3) is 0 Å². The van der Waals surface area contributed by atoms with Gasteiger partial charge in [-0.2, -0.15) is 0 Å². The van der Waals surface area contributed by atoms with E-state index in [4.69, 9.17) is 37.9 Å². The molecule has 2 fully saturated rings. The van der Waals surface area contributed by atoms with Crippen LogP contribution in [-0.2, 0) is 66.7 Å². The maximum atomic E-state index is 11.3. The maximum Gasteiger partial charge on any atom is 0.305 e. The first-order valence-corrected chi connectivity index (χ1v) is 15.5. The van der Waals surface area contributed by atoms with Gasteiger partial charge in [0.25, 0.3) is 0 Å². The number of carbonyl (C=O) groups is 6. The van der Waals surface area contributed by atoms with Crippen LogP contribution in [0.4, 0.5) is 0 Å². The first kappa shape index (κ1) is 40.8. The van der Waals surface area contributed by atoms with Gasteiger partial charge in [0.2, 0.25) is 12.6 Å². The molecule has 0 aromatic rings. The molecule has 2 rings (SSSR count). The van der Waals surface area contributed by atoms with Gasteiger partial charge in [-0.1, -0.05) is 41.5 Å². The third kappa shape index (κ3) is 12.9. The molecule has 2 heterocycles. The molecule has 0 saturated carbocycles. The highest BCUT2D eigenvalue weighted by Gasteiger charge is 2.48. The average molecular weight is 661 g/mol. The molecule has 2 aliphatic heterocycles. The predicted octanol–water partition coefficient (Wildman–Crippen LogP) is 3.36. The van der Waals surface area contributed by atoms with Crippen molar-refractivity contribution in [1.29, 1.82) is 0 Å². The Morgan fingerprint density at radius 1 is 0.478 bits per heavy atom. The Kier molecular flexibility index (Phi) is 16.6. The van der Waals surface area contributed by atoms with Crippen LogP contribution in [0.3, 0.4) is 0 Å². The van der Waals surface area contributed by atoms with E-state index in [0.29, 0.717) is 0 Å². The molecule has 0 aliphatic carbocycles. The fraction of sp³-hybridized carbons (Fsp3) is 0.812. The van der Waals surface area contributed by atoms with E-state index in [9.17, 15) is 28.8 Å². The van der Waals surface area contributed by atoms with E-state index in [1.807, 2.05) is 41.5 Å². The van der Waals surface area contributed by atoms with Crippen molar-refractivity contribution in [1.82, 2.24) is 0 Å². The van der Waals surface area contributed by atoms with Crippen LogP contribution in [0.2, 0.25) is 0 Å². The Hall–Kier alpha value is -3.26. The van der Waals surface area contributed by atoms with E-state index in [1.165, 1.54) is 41.5 Å². The number of esters is 6. The van der Waals surface area contributed by atoms with Crippen LogP contribution in [0, 0.1) is 35.5 Å². The number of ether oxygens (including phenoxy) is 8. The largest absolute Gasteiger partial charge is 0.465 e. The molecule has 264 valence electrons. The van der Waals surface area contributed by atoms with E-state index in [1.54, 1.807) is 0 Å². The fourth-order valence-corrected chi connectivity index (χ4v) is 5.62. The van der Waals surface area contributed by atoms with Gasteiger partial charge < -0.3 is 37.9 Å². The summed E-state index contributed by atoms with van der Waals surface area (Å²) in [6, 6.07) is 0. The second-order valence-electron chi connectivity index (χ2n) is 12.3. The van der Waals surface area contributed by atoms with Crippen LogP contribution >= 0.6 is 0 Å². The van der Waals surface area contributed by atoms with Crippen LogP contribution < -0.4 is 0 Å². The molecule has 0 bridgehead atoms. The lowest BCUT2D eigenvalue weighted by atomic mass is 9.79. The Morgan fingerprint density at radius 2 is 0.761 bits per heavy atom. The normalized spacial score (nSPS) is 31.8. The summed E-state index contributed by atoms with van der Waals surface area (Å²) >= 11 is 0. The molecule has 0 N–H and O–H groups in total. The second-order valence-corrected chi connectivity index (χ2v) is 12.3. The predicted molar refractivity (Wildman–Crippen MR) is 160 cm³/mol. The lowest BCUT2D eigenvalue weighted by Gasteiger charge is -2.45. The van der Waals surface area contributed by atoms with E-state index in [2.05, 4.69) is 0 Å². The zero-order chi connectivity index (χ0) is 35.5. The monoisotopic (exact) mass is 660 g/mol. The SMILES string of the molecule is CC(=O)OC[C@@H](C)C1OC(OC(C)=O)C(OC(C)=O)[C@@H](C)[C@@H]1C.CC(=O)OC[C@@H](C)C1OC(OC(C)=O)C(OC(C)=O)[C@@H](C)[C@@H]1C. The summed E-state index contributed by atoms with van der Waals surface area (Å²) in [5, 5.41) is 0. The van der Waals surface area contributed by atoms with Gasteiger partial charge in [-0.25, -0.2) is 0 Å². The highest BCUT2D eigenvalue weighted by molar-refractivity contribution is 5.68. The summed E-state index contributed by atoms with van der Waals surface area (Å²) in [5.74, 6) is -2.95. The Labute approximate surface area is 271 Å². The molecule has 12 atom stereocenters. The van der Waals surface area contributed by atoms with E-state index in [0.717, 1.165) is 0 Å². The summed E-state index contributed by atoms with van der Waals surface area (Å²) in [7, 11) is 0. The van der Waals surface area contributed by atoms with Gasteiger partial charge >= 0.3 is 35.8 Å².